The van der Waals surface area contributed by atoms with Crippen LogP contribution in [0.15, 0.2) is 52.3 Å². The van der Waals surface area contributed by atoms with Crippen molar-refractivity contribution < 1.29 is 4.79 Å². The van der Waals surface area contributed by atoms with Gasteiger partial charge in [-0.05, 0) is 43.5 Å². The van der Waals surface area contributed by atoms with Crippen molar-refractivity contribution in [2.45, 2.75) is 65.8 Å². The highest BCUT2D eigenvalue weighted by Crippen LogP contribution is 2.34. The summed E-state index contributed by atoms with van der Waals surface area (Å²) in [5.41, 5.74) is 3.87. The number of carbonyl (C=O) groups is 1. The first-order chi connectivity index (χ1) is 17.9. The smallest absolute Gasteiger partial charge is 0.267 e. The molecular weight excluding hydrogens is 500 g/mol. The maximum Gasteiger partial charge on any atom is 0.267 e. The molecule has 0 spiro atoms. The van der Waals surface area contributed by atoms with Gasteiger partial charge in [0.25, 0.3) is 11.5 Å². The lowest BCUT2D eigenvalue weighted by Crippen LogP contribution is -2.27. The number of carbonyl (C=O) groups excluding carboxylic acids is 1. The Bertz CT molecular complexity index is 1380. The first kappa shape index (κ1) is 27.1. The molecule has 0 bridgehead atoms. The van der Waals surface area contributed by atoms with Crippen LogP contribution in [0.25, 0.3) is 11.7 Å². The van der Waals surface area contributed by atoms with Crippen molar-refractivity contribution >= 4 is 51.7 Å². The summed E-state index contributed by atoms with van der Waals surface area (Å²) in [5.74, 6) is 0.317. The zero-order valence-corrected chi connectivity index (χ0v) is 23.4. The number of thioether (sulfide) groups is 1. The van der Waals surface area contributed by atoms with Gasteiger partial charge in [0, 0.05) is 12.7 Å². The van der Waals surface area contributed by atoms with Crippen LogP contribution in [0, 0.1) is 13.8 Å². The van der Waals surface area contributed by atoms with Gasteiger partial charge in [-0.15, -0.1) is 0 Å². The van der Waals surface area contributed by atoms with Crippen LogP contribution >= 0.6 is 24.0 Å². The van der Waals surface area contributed by atoms with E-state index in [9.17, 15) is 9.59 Å². The fourth-order valence-electron chi connectivity index (χ4n) is 4.28. The molecule has 6 nitrogen and oxygen atoms in total. The topological polar surface area (TPSA) is 66.7 Å². The molecule has 1 fully saturated rings. The van der Waals surface area contributed by atoms with Gasteiger partial charge >= 0.3 is 0 Å². The van der Waals surface area contributed by atoms with E-state index in [4.69, 9.17) is 17.2 Å². The summed E-state index contributed by atoms with van der Waals surface area (Å²) in [4.78, 5) is 33.7. The van der Waals surface area contributed by atoms with Crippen molar-refractivity contribution in [3.8, 4) is 0 Å². The number of aromatic nitrogens is 2. The summed E-state index contributed by atoms with van der Waals surface area (Å²) in [6, 6.07) is 11.8. The van der Waals surface area contributed by atoms with E-state index < -0.39 is 0 Å². The molecule has 0 atom stereocenters. The molecule has 3 aromatic rings. The number of fused-ring (bicyclic) bond motifs is 1. The quantitative estimate of drug-likeness (QED) is 0.172. The molecule has 1 aromatic carbocycles. The maximum absolute atomic E-state index is 13.6. The van der Waals surface area contributed by atoms with Gasteiger partial charge in [-0.3, -0.25) is 18.9 Å². The second kappa shape index (κ2) is 12.5. The molecule has 2 aromatic heterocycles. The fraction of sp³-hybridized carbons (Fsp3) is 0.379. The Kier molecular flexibility index (Phi) is 9.16. The van der Waals surface area contributed by atoms with Crippen LogP contribution in [0.2, 0.25) is 0 Å². The zero-order valence-electron chi connectivity index (χ0n) is 21.8. The van der Waals surface area contributed by atoms with E-state index in [1.165, 1.54) is 37.4 Å². The lowest BCUT2D eigenvalue weighted by molar-refractivity contribution is -0.122. The van der Waals surface area contributed by atoms with E-state index in [2.05, 4.69) is 12.2 Å². The van der Waals surface area contributed by atoms with E-state index in [1.54, 1.807) is 21.6 Å². The molecule has 1 aliphatic heterocycles. The van der Waals surface area contributed by atoms with Crippen LogP contribution < -0.4 is 10.9 Å². The molecule has 3 heterocycles. The number of pyridine rings is 1. The normalized spacial score (nSPS) is 14.8. The molecule has 0 saturated carbocycles. The van der Waals surface area contributed by atoms with Gasteiger partial charge in [0.05, 0.1) is 17.0 Å². The predicted molar refractivity (Wildman–Crippen MR) is 158 cm³/mol. The summed E-state index contributed by atoms with van der Waals surface area (Å²) in [6.07, 6.45) is 10.5. The number of aryl methyl sites for hydroxylation is 2. The van der Waals surface area contributed by atoms with Gasteiger partial charge in [0.2, 0.25) is 0 Å². The van der Waals surface area contributed by atoms with E-state index in [0.29, 0.717) is 32.8 Å². The first-order valence-electron chi connectivity index (χ1n) is 12.9. The highest BCUT2D eigenvalue weighted by molar-refractivity contribution is 8.26. The third kappa shape index (κ3) is 6.67. The number of thiocarbonyl (C=S) groups is 1. The van der Waals surface area contributed by atoms with E-state index in [1.807, 2.05) is 50.2 Å². The number of nitrogens with one attached hydrogen (secondary N) is 1. The van der Waals surface area contributed by atoms with Gasteiger partial charge in [-0.1, -0.05) is 98.9 Å². The molecule has 8 heteroatoms. The first-order valence-corrected chi connectivity index (χ1v) is 14.2. The van der Waals surface area contributed by atoms with Crippen LogP contribution in [0.1, 0.15) is 67.7 Å². The average Bonchev–Trinajstić information content (AvgIpc) is 3.14. The summed E-state index contributed by atoms with van der Waals surface area (Å²) >= 11 is 6.77. The van der Waals surface area contributed by atoms with Crippen molar-refractivity contribution in [1.82, 2.24) is 14.3 Å². The molecule has 1 N–H and O–H groups in total. The summed E-state index contributed by atoms with van der Waals surface area (Å²) in [7, 11) is 0. The fourth-order valence-corrected chi connectivity index (χ4v) is 5.52. The lowest BCUT2D eigenvalue weighted by atomic mass is 10.1. The molecule has 0 radical (unpaired) electrons. The molecular formula is C29H34N4O2S2. The van der Waals surface area contributed by atoms with Crippen LogP contribution in [-0.4, -0.2) is 31.1 Å². The SMILES string of the molecule is CCCCCCCCNc1nc2ccc(C)cn2c(=O)c1/C=C1/SC(=S)N(Cc2ccc(C)cc2)C1=O. The Labute approximate surface area is 228 Å². The Hall–Kier alpha value is -2.97. The van der Waals surface area contributed by atoms with Crippen molar-refractivity contribution in [3.63, 3.8) is 0 Å². The van der Waals surface area contributed by atoms with Crippen molar-refractivity contribution in [3.05, 3.63) is 80.1 Å². The van der Waals surface area contributed by atoms with Crippen molar-refractivity contribution in [2.75, 3.05) is 11.9 Å². The summed E-state index contributed by atoms with van der Waals surface area (Å²) in [6.45, 7) is 7.30. The summed E-state index contributed by atoms with van der Waals surface area (Å²) in [5, 5.41) is 3.37. The monoisotopic (exact) mass is 534 g/mol. The van der Waals surface area contributed by atoms with Crippen molar-refractivity contribution in [2.24, 2.45) is 0 Å². The molecule has 4 rings (SSSR count). The number of rotatable bonds is 11. The van der Waals surface area contributed by atoms with Gasteiger partial charge in [0.15, 0.2) is 0 Å². The number of hydrogen-bond donors (Lipinski definition) is 1. The van der Waals surface area contributed by atoms with E-state index >= 15 is 0 Å². The second-order valence-corrected chi connectivity index (χ2v) is 11.2. The molecule has 0 aliphatic carbocycles. The number of benzene rings is 1. The largest absolute Gasteiger partial charge is 0.369 e. The predicted octanol–water partition coefficient (Wildman–Crippen LogP) is 6.49. The Balaban J connectivity index is 1.60. The third-order valence-corrected chi connectivity index (χ3v) is 7.82. The average molecular weight is 535 g/mol. The van der Waals surface area contributed by atoms with Gasteiger partial charge in [-0.25, -0.2) is 4.98 Å². The summed E-state index contributed by atoms with van der Waals surface area (Å²) < 4.78 is 2.03. The van der Waals surface area contributed by atoms with Crippen LogP contribution in [0.4, 0.5) is 5.82 Å². The van der Waals surface area contributed by atoms with Crippen LogP contribution in [0.5, 0.6) is 0 Å². The highest BCUT2D eigenvalue weighted by Gasteiger charge is 2.32. The highest BCUT2D eigenvalue weighted by atomic mass is 32.2. The van der Waals surface area contributed by atoms with Gasteiger partial charge in [-0.2, -0.15) is 0 Å². The second-order valence-electron chi connectivity index (χ2n) is 9.56. The van der Waals surface area contributed by atoms with Gasteiger partial charge < -0.3 is 5.32 Å². The van der Waals surface area contributed by atoms with E-state index in [0.717, 1.165) is 36.1 Å². The minimum Gasteiger partial charge on any atom is -0.369 e. The Morgan fingerprint density at radius 2 is 1.68 bits per heavy atom. The maximum atomic E-state index is 13.6. The minimum absolute atomic E-state index is 0.189. The number of nitrogens with zero attached hydrogens (tertiary/aromatic N) is 3. The van der Waals surface area contributed by atoms with Gasteiger partial charge in [0.1, 0.15) is 15.8 Å². The lowest BCUT2D eigenvalue weighted by Gasteiger charge is -2.14. The number of hydrogen-bond acceptors (Lipinski definition) is 6. The molecule has 194 valence electrons. The minimum atomic E-state index is -0.206. The number of unbranched alkanes of at least 4 members (excludes halogenated alkanes) is 5. The van der Waals surface area contributed by atoms with E-state index in [-0.39, 0.29) is 11.5 Å². The Morgan fingerprint density at radius 1 is 0.973 bits per heavy atom. The molecule has 1 saturated heterocycles. The number of anilines is 1. The molecule has 1 aliphatic rings. The Morgan fingerprint density at radius 3 is 2.43 bits per heavy atom. The zero-order chi connectivity index (χ0) is 26.4. The number of amides is 1. The third-order valence-electron chi connectivity index (χ3n) is 6.44. The van der Waals surface area contributed by atoms with Crippen LogP contribution in [-0.2, 0) is 11.3 Å². The molecule has 0 unspecified atom stereocenters. The molecule has 1 amide bonds. The van der Waals surface area contributed by atoms with Crippen LogP contribution in [0.3, 0.4) is 0 Å². The molecule has 37 heavy (non-hydrogen) atoms. The van der Waals surface area contributed by atoms with Crippen molar-refractivity contribution in [1.29, 1.82) is 0 Å². The standard InChI is InChI=1S/C29H34N4O2S2/c1-4-5-6-7-8-9-16-30-26-23(27(34)32-18-21(3)12-15-25(32)31-26)17-24-28(35)33(29(36)37-24)19-22-13-10-20(2)11-14-22/h10-15,17-18,30H,4-9,16,19H2,1-3H3/b24-17+.